The summed E-state index contributed by atoms with van der Waals surface area (Å²) in [6.45, 7) is 3.86. The van der Waals surface area contributed by atoms with Crippen LogP contribution in [-0.2, 0) is 4.74 Å². The predicted octanol–water partition coefficient (Wildman–Crippen LogP) is 3.42. The normalized spacial score (nSPS) is 24.7. The predicted molar refractivity (Wildman–Crippen MR) is 104 cm³/mol. The first-order valence-electron chi connectivity index (χ1n) is 9.63. The molecule has 4 rings (SSSR count). The molecule has 0 bridgehead atoms. The molecular formula is C22H26N2O3. The largest absolute Gasteiger partial charge is 0.493 e. The molecule has 0 saturated carbocycles. The van der Waals surface area contributed by atoms with Crippen LogP contribution in [0.4, 0.5) is 4.79 Å². The van der Waals surface area contributed by atoms with Gasteiger partial charge in [-0.25, -0.2) is 4.79 Å². The number of nitrogens with one attached hydrogen (secondary N) is 2. The van der Waals surface area contributed by atoms with Gasteiger partial charge in [-0.3, -0.25) is 0 Å². The zero-order valence-electron chi connectivity index (χ0n) is 15.6. The highest BCUT2D eigenvalue weighted by Crippen LogP contribution is 2.35. The molecule has 2 aliphatic heterocycles. The molecule has 2 aromatic rings. The molecule has 5 heteroatoms. The van der Waals surface area contributed by atoms with Crippen LogP contribution >= 0.6 is 0 Å². The fraction of sp³-hybridized carbons (Fsp3) is 0.409. The molecule has 2 aromatic carbocycles. The van der Waals surface area contributed by atoms with Crippen molar-refractivity contribution in [2.45, 2.75) is 37.3 Å². The smallest absolute Gasteiger partial charge is 0.315 e. The Morgan fingerprint density at radius 1 is 1.11 bits per heavy atom. The van der Waals surface area contributed by atoms with Crippen molar-refractivity contribution in [3.05, 3.63) is 65.7 Å². The van der Waals surface area contributed by atoms with Crippen molar-refractivity contribution in [1.29, 1.82) is 0 Å². The lowest BCUT2D eigenvalue weighted by molar-refractivity contribution is 0.109. The van der Waals surface area contributed by atoms with Gasteiger partial charge < -0.3 is 20.1 Å². The summed E-state index contributed by atoms with van der Waals surface area (Å²) in [5.41, 5.74) is 2.47. The van der Waals surface area contributed by atoms with Crippen LogP contribution in [0.2, 0.25) is 0 Å². The first kappa shape index (κ1) is 17.9. The van der Waals surface area contributed by atoms with E-state index in [1.165, 1.54) is 5.56 Å². The van der Waals surface area contributed by atoms with E-state index in [-0.39, 0.29) is 24.1 Å². The van der Waals surface area contributed by atoms with Crippen LogP contribution in [0.3, 0.4) is 0 Å². The van der Waals surface area contributed by atoms with Crippen molar-refractivity contribution in [2.24, 2.45) is 0 Å². The van der Waals surface area contributed by atoms with E-state index in [4.69, 9.17) is 9.47 Å². The summed E-state index contributed by atoms with van der Waals surface area (Å²) in [7, 11) is 0. The van der Waals surface area contributed by atoms with Crippen LogP contribution in [-0.4, -0.2) is 37.9 Å². The van der Waals surface area contributed by atoms with Crippen molar-refractivity contribution < 1.29 is 14.3 Å². The monoisotopic (exact) mass is 366 g/mol. The fourth-order valence-electron chi connectivity index (χ4n) is 3.97. The van der Waals surface area contributed by atoms with Gasteiger partial charge in [0, 0.05) is 30.0 Å². The molecule has 2 amide bonds. The molecule has 142 valence electrons. The van der Waals surface area contributed by atoms with E-state index < -0.39 is 0 Å². The lowest BCUT2D eigenvalue weighted by atomic mass is 9.94. The first-order valence-corrected chi connectivity index (χ1v) is 9.63. The number of fused-ring (bicyclic) bond motifs is 1. The lowest BCUT2D eigenvalue weighted by Gasteiger charge is -2.21. The SMILES string of the molecule is CC(NC(=O)NC[C@@H]1C[C@H](c2ccccc2)CO1)C1COc2ccccc21. The zero-order chi connectivity index (χ0) is 18.6. The summed E-state index contributed by atoms with van der Waals surface area (Å²) in [4.78, 5) is 12.3. The molecule has 0 aromatic heterocycles. The Balaban J connectivity index is 1.24. The number of hydrogen-bond donors (Lipinski definition) is 2. The Morgan fingerprint density at radius 2 is 1.89 bits per heavy atom. The van der Waals surface area contributed by atoms with Gasteiger partial charge in [-0.05, 0) is 25.0 Å². The number of amides is 2. The number of carbonyl (C=O) groups is 1. The minimum absolute atomic E-state index is 0.00443. The Kier molecular flexibility index (Phi) is 5.30. The van der Waals surface area contributed by atoms with E-state index in [2.05, 4.69) is 41.0 Å². The van der Waals surface area contributed by atoms with Crippen molar-refractivity contribution in [1.82, 2.24) is 10.6 Å². The molecule has 0 spiro atoms. The average molecular weight is 366 g/mol. The number of rotatable bonds is 5. The maximum absolute atomic E-state index is 12.3. The number of para-hydroxylation sites is 1. The Hall–Kier alpha value is -2.53. The van der Waals surface area contributed by atoms with E-state index in [1.807, 2.05) is 31.2 Å². The standard InChI is InChI=1S/C22H26N2O3/c1-15(20-14-27-21-10-6-5-9-19(20)21)24-22(25)23-12-18-11-17(13-26-18)16-7-3-2-4-8-16/h2-10,15,17-18,20H,11-14H2,1H3,(H2,23,24,25)/t15?,17-,18-,20?/m0/s1. The van der Waals surface area contributed by atoms with Crippen LogP contribution in [0.15, 0.2) is 54.6 Å². The van der Waals surface area contributed by atoms with Gasteiger partial charge in [0.1, 0.15) is 5.75 Å². The number of carbonyl (C=O) groups excluding carboxylic acids is 1. The van der Waals surface area contributed by atoms with Crippen LogP contribution in [0, 0.1) is 0 Å². The first-order chi connectivity index (χ1) is 13.2. The van der Waals surface area contributed by atoms with Crippen molar-refractivity contribution in [3.63, 3.8) is 0 Å². The summed E-state index contributed by atoms with van der Waals surface area (Å²) in [5.74, 6) is 1.51. The quantitative estimate of drug-likeness (QED) is 0.852. The average Bonchev–Trinajstić information content (AvgIpc) is 3.34. The van der Waals surface area contributed by atoms with E-state index in [0.717, 1.165) is 17.7 Å². The molecule has 0 radical (unpaired) electrons. The van der Waals surface area contributed by atoms with Gasteiger partial charge in [0.05, 0.1) is 19.3 Å². The summed E-state index contributed by atoms with van der Waals surface area (Å²) >= 11 is 0. The Labute approximate surface area is 160 Å². The molecule has 2 unspecified atom stereocenters. The third kappa shape index (κ3) is 4.08. The zero-order valence-corrected chi connectivity index (χ0v) is 15.6. The van der Waals surface area contributed by atoms with Gasteiger partial charge in [-0.1, -0.05) is 48.5 Å². The topological polar surface area (TPSA) is 59.6 Å². The van der Waals surface area contributed by atoms with Gasteiger partial charge in [0.2, 0.25) is 0 Å². The Morgan fingerprint density at radius 3 is 2.74 bits per heavy atom. The van der Waals surface area contributed by atoms with Gasteiger partial charge in [-0.15, -0.1) is 0 Å². The molecule has 2 heterocycles. The van der Waals surface area contributed by atoms with Crippen LogP contribution in [0.5, 0.6) is 5.75 Å². The molecule has 2 aliphatic rings. The molecule has 1 saturated heterocycles. The van der Waals surface area contributed by atoms with Gasteiger partial charge in [0.15, 0.2) is 0 Å². The molecule has 1 fully saturated rings. The third-order valence-electron chi connectivity index (χ3n) is 5.54. The van der Waals surface area contributed by atoms with Crippen molar-refractivity contribution >= 4 is 6.03 Å². The second-order valence-corrected chi connectivity index (χ2v) is 7.40. The number of ether oxygens (including phenoxy) is 2. The number of hydrogen-bond acceptors (Lipinski definition) is 3. The summed E-state index contributed by atoms with van der Waals surface area (Å²) in [6.07, 6.45) is 0.996. The van der Waals surface area contributed by atoms with Crippen LogP contribution in [0.25, 0.3) is 0 Å². The van der Waals surface area contributed by atoms with Gasteiger partial charge in [-0.2, -0.15) is 0 Å². The molecule has 0 aliphatic carbocycles. The highest BCUT2D eigenvalue weighted by Gasteiger charge is 2.30. The van der Waals surface area contributed by atoms with Crippen molar-refractivity contribution in [3.8, 4) is 5.75 Å². The van der Waals surface area contributed by atoms with Gasteiger partial charge >= 0.3 is 6.03 Å². The van der Waals surface area contributed by atoms with E-state index >= 15 is 0 Å². The number of urea groups is 1. The second-order valence-electron chi connectivity index (χ2n) is 7.40. The van der Waals surface area contributed by atoms with Crippen molar-refractivity contribution in [2.75, 3.05) is 19.8 Å². The highest BCUT2D eigenvalue weighted by atomic mass is 16.5. The summed E-state index contributed by atoms with van der Waals surface area (Å²) in [6, 6.07) is 18.3. The molecule has 5 nitrogen and oxygen atoms in total. The minimum Gasteiger partial charge on any atom is -0.493 e. The fourth-order valence-corrected chi connectivity index (χ4v) is 3.97. The van der Waals surface area contributed by atoms with E-state index in [9.17, 15) is 4.79 Å². The molecule has 4 atom stereocenters. The molecule has 27 heavy (non-hydrogen) atoms. The lowest BCUT2D eigenvalue weighted by Crippen LogP contribution is -2.45. The van der Waals surface area contributed by atoms with Crippen LogP contribution in [0.1, 0.15) is 36.3 Å². The molecule has 2 N–H and O–H groups in total. The maximum Gasteiger partial charge on any atom is 0.315 e. The van der Waals surface area contributed by atoms with E-state index in [0.29, 0.717) is 25.7 Å². The van der Waals surface area contributed by atoms with Crippen LogP contribution < -0.4 is 15.4 Å². The maximum atomic E-state index is 12.3. The minimum atomic E-state index is -0.154. The third-order valence-corrected chi connectivity index (χ3v) is 5.54. The summed E-state index contributed by atoms with van der Waals surface area (Å²) < 4.78 is 11.6. The summed E-state index contributed by atoms with van der Waals surface area (Å²) in [5, 5.41) is 6.00. The number of benzene rings is 2. The highest BCUT2D eigenvalue weighted by molar-refractivity contribution is 5.74. The Bertz CT molecular complexity index is 780. The molecular weight excluding hydrogens is 340 g/mol. The van der Waals surface area contributed by atoms with Gasteiger partial charge in [0.25, 0.3) is 0 Å². The second kappa shape index (κ2) is 8.01. The van der Waals surface area contributed by atoms with E-state index in [1.54, 1.807) is 0 Å².